The van der Waals surface area contributed by atoms with Crippen LogP contribution in [0.15, 0.2) is 42.7 Å². The van der Waals surface area contributed by atoms with Crippen LogP contribution in [-0.4, -0.2) is 29.4 Å². The molecule has 0 aliphatic carbocycles. The third-order valence-corrected chi connectivity index (χ3v) is 5.88. The highest BCUT2D eigenvalue weighted by atomic mass is 32.2. The number of carbonyl (C=O) groups excluding carboxylic acids is 1. The van der Waals surface area contributed by atoms with E-state index in [2.05, 4.69) is 5.32 Å². The first-order valence-electron chi connectivity index (χ1n) is 7.05. The molecule has 1 aromatic carbocycles. The lowest BCUT2D eigenvalue weighted by molar-refractivity contribution is -0.113. The number of carbonyl (C=O) groups is 1. The predicted molar refractivity (Wildman–Crippen MR) is 87.9 cm³/mol. The summed E-state index contributed by atoms with van der Waals surface area (Å²) in [6.45, 7) is 4.62. The summed E-state index contributed by atoms with van der Waals surface area (Å²) < 4.78 is 38.3. The number of hydrogen-bond donors (Lipinski definition) is 1. The fourth-order valence-corrected chi connectivity index (χ4v) is 2.74. The quantitative estimate of drug-likeness (QED) is 0.932. The fraction of sp³-hybridized carbons (Fsp3) is 0.312. The van der Waals surface area contributed by atoms with Crippen molar-refractivity contribution in [2.75, 3.05) is 11.1 Å². The van der Waals surface area contributed by atoms with Crippen molar-refractivity contribution in [2.24, 2.45) is 0 Å². The molecule has 2 rings (SSSR count). The first-order valence-corrected chi connectivity index (χ1v) is 8.70. The summed E-state index contributed by atoms with van der Waals surface area (Å²) in [5, 5.41) is 2.55. The molecule has 0 saturated carbocycles. The molecule has 23 heavy (non-hydrogen) atoms. The van der Waals surface area contributed by atoms with Crippen molar-refractivity contribution >= 4 is 21.4 Å². The van der Waals surface area contributed by atoms with Gasteiger partial charge in [-0.05, 0) is 51.1 Å². The van der Waals surface area contributed by atoms with E-state index in [1.807, 2.05) is 0 Å². The Labute approximate surface area is 135 Å². The van der Waals surface area contributed by atoms with Crippen molar-refractivity contribution in [1.82, 2.24) is 4.57 Å². The van der Waals surface area contributed by atoms with Crippen LogP contribution in [0.25, 0.3) is 5.69 Å². The van der Waals surface area contributed by atoms with Gasteiger partial charge in [0.05, 0.1) is 16.1 Å². The molecule has 0 aliphatic rings. The normalized spacial score (nSPS) is 12.2. The standard InChI is InChI=1S/C16H19FN2O3S/c1-16(2,3)23(21,22)11-15(20)18-13-7-6-12(17)10-14(13)19-8-4-5-9-19/h4-10H,11H2,1-3H3,(H,18,20). The summed E-state index contributed by atoms with van der Waals surface area (Å²) in [5.41, 5.74) is 0.771. The molecule has 0 spiro atoms. The van der Waals surface area contributed by atoms with Gasteiger partial charge >= 0.3 is 0 Å². The lowest BCUT2D eigenvalue weighted by Crippen LogP contribution is -2.35. The van der Waals surface area contributed by atoms with Gasteiger partial charge in [-0.15, -0.1) is 0 Å². The Kier molecular flexibility index (Phi) is 4.61. The first-order chi connectivity index (χ1) is 10.6. The maximum Gasteiger partial charge on any atom is 0.239 e. The number of sulfone groups is 1. The molecule has 0 unspecified atom stereocenters. The number of hydrogen-bond acceptors (Lipinski definition) is 3. The average molecular weight is 338 g/mol. The molecule has 5 nitrogen and oxygen atoms in total. The minimum Gasteiger partial charge on any atom is -0.323 e. The zero-order chi connectivity index (χ0) is 17.3. The Morgan fingerprint density at radius 2 is 1.83 bits per heavy atom. The van der Waals surface area contributed by atoms with E-state index >= 15 is 0 Å². The predicted octanol–water partition coefficient (Wildman–Crippen LogP) is 2.77. The van der Waals surface area contributed by atoms with E-state index in [-0.39, 0.29) is 0 Å². The molecule has 2 aromatic rings. The van der Waals surface area contributed by atoms with Crippen molar-refractivity contribution in [1.29, 1.82) is 0 Å². The molecule has 1 N–H and O–H groups in total. The molecule has 0 atom stereocenters. The summed E-state index contributed by atoms with van der Waals surface area (Å²) >= 11 is 0. The maximum atomic E-state index is 13.5. The van der Waals surface area contributed by atoms with Crippen LogP contribution in [0.5, 0.6) is 0 Å². The van der Waals surface area contributed by atoms with Gasteiger partial charge in [0, 0.05) is 12.4 Å². The minimum atomic E-state index is -3.58. The molecule has 7 heteroatoms. The zero-order valence-corrected chi connectivity index (χ0v) is 14.0. The molecular formula is C16H19FN2O3S. The number of nitrogens with zero attached hydrogens (tertiary/aromatic N) is 1. The number of amides is 1. The Balaban J connectivity index is 2.26. The van der Waals surface area contributed by atoms with Gasteiger partial charge in [-0.25, -0.2) is 12.8 Å². The monoisotopic (exact) mass is 338 g/mol. The first kappa shape index (κ1) is 17.2. The molecule has 0 fully saturated rings. The number of aromatic nitrogens is 1. The van der Waals surface area contributed by atoms with Crippen molar-refractivity contribution in [3.63, 3.8) is 0 Å². The van der Waals surface area contributed by atoms with E-state index in [9.17, 15) is 17.6 Å². The van der Waals surface area contributed by atoms with Crippen LogP contribution in [0, 0.1) is 5.82 Å². The second-order valence-electron chi connectivity index (χ2n) is 6.17. The van der Waals surface area contributed by atoms with Crippen LogP contribution < -0.4 is 5.32 Å². The van der Waals surface area contributed by atoms with Gasteiger partial charge in [0.1, 0.15) is 11.6 Å². The van der Waals surface area contributed by atoms with Crippen molar-refractivity contribution in [3.05, 3.63) is 48.5 Å². The Morgan fingerprint density at radius 3 is 2.39 bits per heavy atom. The summed E-state index contributed by atoms with van der Waals surface area (Å²) in [6.07, 6.45) is 3.41. The average Bonchev–Trinajstić information content (AvgIpc) is 2.92. The van der Waals surface area contributed by atoms with E-state index in [0.717, 1.165) is 0 Å². The lowest BCUT2D eigenvalue weighted by Gasteiger charge is -2.19. The smallest absolute Gasteiger partial charge is 0.239 e. The number of anilines is 1. The van der Waals surface area contributed by atoms with E-state index in [1.165, 1.54) is 18.2 Å². The van der Waals surface area contributed by atoms with Gasteiger partial charge in [-0.3, -0.25) is 4.79 Å². The van der Waals surface area contributed by atoms with E-state index in [4.69, 9.17) is 0 Å². The van der Waals surface area contributed by atoms with Crippen LogP contribution in [0.3, 0.4) is 0 Å². The molecule has 1 aromatic heterocycles. The summed E-state index contributed by atoms with van der Waals surface area (Å²) in [4.78, 5) is 12.1. The largest absolute Gasteiger partial charge is 0.323 e. The third-order valence-electron chi connectivity index (χ3n) is 3.37. The number of rotatable bonds is 4. The van der Waals surface area contributed by atoms with Gasteiger partial charge in [0.25, 0.3) is 0 Å². The Morgan fingerprint density at radius 1 is 1.22 bits per heavy atom. The van der Waals surface area contributed by atoms with Gasteiger partial charge in [-0.1, -0.05) is 0 Å². The topological polar surface area (TPSA) is 68.2 Å². The second-order valence-corrected chi connectivity index (χ2v) is 8.91. The molecule has 124 valence electrons. The Hall–Kier alpha value is -2.15. The molecule has 0 aliphatic heterocycles. The zero-order valence-electron chi connectivity index (χ0n) is 13.2. The maximum absolute atomic E-state index is 13.5. The van der Waals surface area contributed by atoms with E-state index < -0.39 is 32.1 Å². The molecular weight excluding hydrogens is 319 g/mol. The van der Waals surface area contributed by atoms with Crippen molar-refractivity contribution in [3.8, 4) is 5.69 Å². The molecule has 1 amide bonds. The highest BCUT2D eigenvalue weighted by Gasteiger charge is 2.31. The Bertz CT molecular complexity index is 806. The SMILES string of the molecule is CC(C)(C)S(=O)(=O)CC(=O)Nc1ccc(F)cc1-n1cccc1. The van der Waals surface area contributed by atoms with Crippen LogP contribution in [0.4, 0.5) is 10.1 Å². The van der Waals surface area contributed by atoms with Crippen LogP contribution >= 0.6 is 0 Å². The highest BCUT2D eigenvalue weighted by molar-refractivity contribution is 7.93. The number of nitrogens with one attached hydrogen (secondary N) is 1. The molecule has 0 saturated heterocycles. The molecule has 1 heterocycles. The fourth-order valence-electron chi connectivity index (χ4n) is 1.89. The van der Waals surface area contributed by atoms with Crippen molar-refractivity contribution < 1.29 is 17.6 Å². The lowest BCUT2D eigenvalue weighted by atomic mass is 10.2. The van der Waals surface area contributed by atoms with Crippen LogP contribution in [0.1, 0.15) is 20.8 Å². The summed E-state index contributed by atoms with van der Waals surface area (Å²) in [7, 11) is -3.58. The number of halogens is 1. The molecule has 0 radical (unpaired) electrons. The highest BCUT2D eigenvalue weighted by Crippen LogP contribution is 2.22. The van der Waals surface area contributed by atoms with E-state index in [0.29, 0.717) is 11.4 Å². The third kappa shape index (κ3) is 3.98. The van der Waals surface area contributed by atoms with E-state index in [1.54, 1.807) is 49.9 Å². The van der Waals surface area contributed by atoms with Crippen LogP contribution in [-0.2, 0) is 14.6 Å². The second kappa shape index (κ2) is 6.16. The molecule has 0 bridgehead atoms. The minimum absolute atomic E-state index is 0.344. The van der Waals surface area contributed by atoms with Gasteiger partial charge in [-0.2, -0.15) is 0 Å². The van der Waals surface area contributed by atoms with Gasteiger partial charge in [0.15, 0.2) is 9.84 Å². The summed E-state index contributed by atoms with van der Waals surface area (Å²) in [6, 6.07) is 7.42. The van der Waals surface area contributed by atoms with Crippen LogP contribution in [0.2, 0.25) is 0 Å². The number of benzene rings is 1. The van der Waals surface area contributed by atoms with Gasteiger partial charge in [0.2, 0.25) is 5.91 Å². The summed E-state index contributed by atoms with van der Waals surface area (Å²) in [5.74, 6) is -1.73. The van der Waals surface area contributed by atoms with Crippen molar-refractivity contribution in [2.45, 2.75) is 25.5 Å². The van der Waals surface area contributed by atoms with Gasteiger partial charge < -0.3 is 9.88 Å².